The van der Waals surface area contributed by atoms with Gasteiger partial charge in [-0.2, -0.15) is 0 Å². The number of ether oxygens (including phenoxy) is 1. The molecule has 0 saturated heterocycles. The molecule has 1 amide bonds. The van der Waals surface area contributed by atoms with Crippen LogP contribution in [0.15, 0.2) is 42.5 Å². The van der Waals surface area contributed by atoms with Gasteiger partial charge in [0.1, 0.15) is 5.75 Å². The minimum absolute atomic E-state index is 0.0859. The molecule has 2 aromatic rings. The number of rotatable bonds is 5. The molecule has 1 unspecified atom stereocenters. The number of carboxylic acid groups (broad SMARTS) is 1. The Morgan fingerprint density at radius 1 is 1.23 bits per heavy atom. The van der Waals surface area contributed by atoms with E-state index in [1.807, 2.05) is 0 Å². The van der Waals surface area contributed by atoms with Crippen molar-refractivity contribution in [3.05, 3.63) is 59.7 Å². The third-order valence-corrected chi connectivity index (χ3v) is 2.95. The Morgan fingerprint density at radius 2 is 1.91 bits per heavy atom. The van der Waals surface area contributed by atoms with E-state index in [0.29, 0.717) is 0 Å². The van der Waals surface area contributed by atoms with Crippen LogP contribution >= 0.6 is 0 Å². The van der Waals surface area contributed by atoms with Crippen LogP contribution < -0.4 is 15.8 Å². The van der Waals surface area contributed by atoms with Gasteiger partial charge >= 0.3 is 6.09 Å². The SMILES string of the molecule is NCC(NC(=O)O)c1ccc(F)c(Oc2ccccc2)c1F. The summed E-state index contributed by atoms with van der Waals surface area (Å²) in [4.78, 5) is 10.7. The van der Waals surface area contributed by atoms with E-state index in [9.17, 15) is 13.6 Å². The van der Waals surface area contributed by atoms with Gasteiger partial charge in [0.2, 0.25) is 0 Å². The van der Waals surface area contributed by atoms with Gasteiger partial charge in [-0.1, -0.05) is 24.3 Å². The quantitative estimate of drug-likeness (QED) is 0.792. The van der Waals surface area contributed by atoms with Crippen molar-refractivity contribution in [2.75, 3.05) is 6.54 Å². The van der Waals surface area contributed by atoms with Crippen LogP contribution in [0.25, 0.3) is 0 Å². The smallest absolute Gasteiger partial charge is 0.405 e. The summed E-state index contributed by atoms with van der Waals surface area (Å²) in [6.45, 7) is -0.181. The standard InChI is InChI=1S/C15H14F2N2O3/c16-11-7-6-10(12(8-18)19-15(20)21)13(17)14(11)22-9-4-2-1-3-5-9/h1-7,12,19H,8,18H2,(H,20,21). The second kappa shape index (κ2) is 6.86. The third kappa shape index (κ3) is 3.50. The number of halogens is 2. The zero-order chi connectivity index (χ0) is 16.1. The first kappa shape index (κ1) is 15.7. The maximum atomic E-state index is 14.5. The molecular weight excluding hydrogens is 294 g/mol. The number of benzene rings is 2. The molecule has 0 radical (unpaired) electrons. The molecule has 2 aromatic carbocycles. The van der Waals surface area contributed by atoms with E-state index in [-0.39, 0.29) is 17.9 Å². The summed E-state index contributed by atoms with van der Waals surface area (Å²) in [5, 5.41) is 10.8. The average Bonchev–Trinajstić information content (AvgIpc) is 2.50. The van der Waals surface area contributed by atoms with Gasteiger partial charge in [-0.25, -0.2) is 13.6 Å². The van der Waals surface area contributed by atoms with E-state index in [1.54, 1.807) is 30.3 Å². The average molecular weight is 308 g/mol. The molecular formula is C15H14F2N2O3. The van der Waals surface area contributed by atoms with Crippen molar-refractivity contribution in [3.63, 3.8) is 0 Å². The fraction of sp³-hybridized carbons (Fsp3) is 0.133. The van der Waals surface area contributed by atoms with Gasteiger partial charge in [-0.3, -0.25) is 0 Å². The summed E-state index contributed by atoms with van der Waals surface area (Å²) >= 11 is 0. The maximum absolute atomic E-state index is 14.5. The second-order valence-corrected chi connectivity index (χ2v) is 4.43. The molecule has 0 aliphatic heterocycles. The first-order valence-corrected chi connectivity index (χ1v) is 6.43. The van der Waals surface area contributed by atoms with Crippen molar-refractivity contribution in [3.8, 4) is 11.5 Å². The highest BCUT2D eigenvalue weighted by atomic mass is 19.1. The molecule has 0 spiro atoms. The first-order chi connectivity index (χ1) is 10.5. The molecule has 0 bridgehead atoms. The number of amides is 1. The third-order valence-electron chi connectivity index (χ3n) is 2.95. The molecule has 0 aliphatic carbocycles. The molecule has 0 fully saturated rings. The lowest BCUT2D eigenvalue weighted by Gasteiger charge is -2.18. The molecule has 0 saturated carbocycles. The number of carbonyl (C=O) groups is 1. The highest BCUT2D eigenvalue weighted by molar-refractivity contribution is 5.65. The fourth-order valence-corrected chi connectivity index (χ4v) is 1.93. The molecule has 4 N–H and O–H groups in total. The van der Waals surface area contributed by atoms with Gasteiger partial charge in [0.15, 0.2) is 17.4 Å². The van der Waals surface area contributed by atoms with E-state index >= 15 is 0 Å². The Morgan fingerprint density at radius 3 is 2.50 bits per heavy atom. The lowest BCUT2D eigenvalue weighted by molar-refractivity contribution is 0.190. The minimum atomic E-state index is -1.36. The van der Waals surface area contributed by atoms with Crippen LogP contribution in [0.2, 0.25) is 0 Å². The Balaban J connectivity index is 2.38. The van der Waals surface area contributed by atoms with Crippen LogP contribution in [0.4, 0.5) is 13.6 Å². The number of hydrogen-bond acceptors (Lipinski definition) is 3. The molecule has 2 rings (SSSR count). The van der Waals surface area contributed by atoms with Gasteiger partial charge in [0.25, 0.3) is 0 Å². The lowest BCUT2D eigenvalue weighted by atomic mass is 10.1. The Bertz CT molecular complexity index is 665. The second-order valence-electron chi connectivity index (χ2n) is 4.43. The van der Waals surface area contributed by atoms with Crippen LogP contribution in [-0.4, -0.2) is 17.7 Å². The molecule has 22 heavy (non-hydrogen) atoms. The predicted octanol–water partition coefficient (Wildman–Crippen LogP) is 3.02. The highest BCUT2D eigenvalue weighted by Gasteiger charge is 2.22. The van der Waals surface area contributed by atoms with Crippen molar-refractivity contribution in [2.45, 2.75) is 6.04 Å². The van der Waals surface area contributed by atoms with Gasteiger partial charge in [-0.15, -0.1) is 0 Å². The van der Waals surface area contributed by atoms with Crippen molar-refractivity contribution < 1.29 is 23.4 Å². The van der Waals surface area contributed by atoms with Gasteiger partial charge in [0, 0.05) is 12.1 Å². The first-order valence-electron chi connectivity index (χ1n) is 6.43. The van der Waals surface area contributed by atoms with Crippen LogP contribution in [0.5, 0.6) is 11.5 Å². The normalized spacial score (nSPS) is 11.8. The number of para-hydroxylation sites is 1. The predicted molar refractivity (Wildman–Crippen MR) is 75.8 cm³/mol. The summed E-state index contributed by atoms with van der Waals surface area (Å²) in [5.74, 6) is -2.23. The Kier molecular flexibility index (Phi) is 4.90. The van der Waals surface area contributed by atoms with Crippen molar-refractivity contribution >= 4 is 6.09 Å². The molecule has 0 aromatic heterocycles. The van der Waals surface area contributed by atoms with E-state index in [2.05, 4.69) is 5.32 Å². The molecule has 0 aliphatic rings. The van der Waals surface area contributed by atoms with Gasteiger partial charge in [-0.05, 0) is 18.2 Å². The molecule has 7 heteroatoms. The summed E-state index contributed by atoms with van der Waals surface area (Å²) in [5.41, 5.74) is 5.35. The fourth-order valence-electron chi connectivity index (χ4n) is 1.93. The topological polar surface area (TPSA) is 84.6 Å². The molecule has 5 nitrogen and oxygen atoms in total. The van der Waals surface area contributed by atoms with Gasteiger partial charge in [0.05, 0.1) is 6.04 Å². The zero-order valence-electron chi connectivity index (χ0n) is 11.4. The van der Waals surface area contributed by atoms with E-state index in [0.717, 1.165) is 12.1 Å². The van der Waals surface area contributed by atoms with E-state index in [1.165, 1.54) is 0 Å². The van der Waals surface area contributed by atoms with E-state index < -0.39 is 29.5 Å². The van der Waals surface area contributed by atoms with Crippen molar-refractivity contribution in [1.82, 2.24) is 5.32 Å². The molecule has 116 valence electrons. The largest absolute Gasteiger partial charge is 0.465 e. The summed E-state index contributed by atoms with van der Waals surface area (Å²) < 4.78 is 33.5. The van der Waals surface area contributed by atoms with Crippen molar-refractivity contribution in [2.24, 2.45) is 5.73 Å². The van der Waals surface area contributed by atoms with Crippen molar-refractivity contribution in [1.29, 1.82) is 0 Å². The van der Waals surface area contributed by atoms with Crippen LogP contribution in [0.1, 0.15) is 11.6 Å². The highest BCUT2D eigenvalue weighted by Crippen LogP contribution is 2.31. The van der Waals surface area contributed by atoms with Gasteiger partial charge < -0.3 is 20.9 Å². The zero-order valence-corrected chi connectivity index (χ0v) is 11.4. The maximum Gasteiger partial charge on any atom is 0.405 e. The number of nitrogens with one attached hydrogen (secondary N) is 1. The summed E-state index contributed by atoms with van der Waals surface area (Å²) in [6.07, 6.45) is -1.36. The minimum Gasteiger partial charge on any atom is -0.465 e. The monoisotopic (exact) mass is 308 g/mol. The van der Waals surface area contributed by atoms with E-state index in [4.69, 9.17) is 15.6 Å². The lowest BCUT2D eigenvalue weighted by Crippen LogP contribution is -2.32. The molecule has 1 atom stereocenters. The van der Waals surface area contributed by atoms with Crippen LogP contribution in [0, 0.1) is 11.6 Å². The van der Waals surface area contributed by atoms with Crippen LogP contribution in [0.3, 0.4) is 0 Å². The Labute approximate surface area is 125 Å². The summed E-state index contributed by atoms with van der Waals surface area (Å²) in [6, 6.07) is 9.27. The number of hydrogen-bond donors (Lipinski definition) is 3. The summed E-state index contributed by atoms with van der Waals surface area (Å²) in [7, 11) is 0. The number of nitrogens with two attached hydrogens (primary N) is 1. The van der Waals surface area contributed by atoms with Crippen LogP contribution in [-0.2, 0) is 0 Å². The Hall–Kier alpha value is -2.67. The molecule has 0 heterocycles.